The first-order valence-corrected chi connectivity index (χ1v) is 8.37. The van der Waals surface area contributed by atoms with Crippen molar-refractivity contribution in [2.24, 2.45) is 5.14 Å². The van der Waals surface area contributed by atoms with Crippen molar-refractivity contribution in [3.05, 3.63) is 12.4 Å². The fraction of sp³-hybridized carbons (Fsp3) is 0.625. The summed E-state index contributed by atoms with van der Waals surface area (Å²) < 4.78 is 45.7. The summed E-state index contributed by atoms with van der Waals surface area (Å²) in [4.78, 5) is -0.0733. The summed E-state index contributed by atoms with van der Waals surface area (Å²) in [5.74, 6) is 0.169. The van der Waals surface area contributed by atoms with Gasteiger partial charge < -0.3 is 0 Å². The third-order valence-electron chi connectivity index (χ3n) is 2.22. The topological polar surface area (TPSA) is 112 Å². The largest absolute Gasteiger partial charge is 0.271 e. The first-order chi connectivity index (χ1) is 7.74. The third-order valence-corrected chi connectivity index (χ3v) is 4.88. The summed E-state index contributed by atoms with van der Waals surface area (Å²) >= 11 is 0. The van der Waals surface area contributed by atoms with Crippen LogP contribution in [0.25, 0.3) is 0 Å². The van der Waals surface area contributed by atoms with E-state index in [0.29, 0.717) is 13.0 Å². The molecule has 0 bridgehead atoms. The van der Waals surface area contributed by atoms with Gasteiger partial charge in [-0.3, -0.25) is 4.68 Å². The zero-order chi connectivity index (χ0) is 13.1. The van der Waals surface area contributed by atoms with E-state index >= 15 is 0 Å². The molecule has 0 aliphatic heterocycles. The van der Waals surface area contributed by atoms with E-state index in [4.69, 9.17) is 5.14 Å². The molecule has 0 atom stereocenters. The van der Waals surface area contributed by atoms with Crippen LogP contribution in [0.15, 0.2) is 17.3 Å². The third kappa shape index (κ3) is 4.44. The predicted molar refractivity (Wildman–Crippen MR) is 62.5 cm³/mol. The van der Waals surface area contributed by atoms with Crippen LogP contribution in [-0.2, 0) is 26.4 Å². The molecule has 9 heteroatoms. The molecule has 0 aliphatic rings. The Balaban J connectivity index is 2.58. The second kappa shape index (κ2) is 5.15. The van der Waals surface area contributed by atoms with Gasteiger partial charge in [0.2, 0.25) is 10.0 Å². The van der Waals surface area contributed by atoms with Crippen molar-refractivity contribution in [3.8, 4) is 0 Å². The van der Waals surface area contributed by atoms with Crippen molar-refractivity contribution in [2.75, 3.05) is 11.5 Å². The average Bonchev–Trinajstić information content (AvgIpc) is 2.66. The Morgan fingerprint density at radius 3 is 2.47 bits per heavy atom. The van der Waals surface area contributed by atoms with Crippen LogP contribution < -0.4 is 5.14 Å². The molecular formula is C8H15N3O4S2. The molecule has 0 unspecified atom stereocenters. The number of sulfonamides is 1. The standard InChI is InChI=1S/C8H15N3O4S2/c1-2-16(12,13)5-3-4-11-7-8(6-10-11)17(9,14)15/h6-7H,2-5H2,1H3,(H2,9,14,15). The summed E-state index contributed by atoms with van der Waals surface area (Å²) in [7, 11) is -6.74. The van der Waals surface area contributed by atoms with Gasteiger partial charge in [0, 0.05) is 18.5 Å². The molecule has 0 saturated carbocycles. The van der Waals surface area contributed by atoms with Gasteiger partial charge in [-0.15, -0.1) is 0 Å². The maximum absolute atomic E-state index is 11.2. The van der Waals surface area contributed by atoms with E-state index in [-0.39, 0.29) is 16.4 Å². The van der Waals surface area contributed by atoms with E-state index in [2.05, 4.69) is 5.10 Å². The molecule has 98 valence electrons. The molecule has 7 nitrogen and oxygen atoms in total. The molecule has 1 rings (SSSR count). The Bertz CT molecular complexity index is 574. The smallest absolute Gasteiger partial charge is 0.241 e. The van der Waals surface area contributed by atoms with Gasteiger partial charge in [-0.2, -0.15) is 5.10 Å². The minimum Gasteiger partial charge on any atom is -0.271 e. The van der Waals surface area contributed by atoms with Crippen molar-refractivity contribution in [1.82, 2.24) is 9.78 Å². The number of hydrogen-bond acceptors (Lipinski definition) is 5. The number of nitrogens with two attached hydrogens (primary N) is 1. The molecule has 0 aliphatic carbocycles. The number of rotatable bonds is 6. The fourth-order valence-electron chi connectivity index (χ4n) is 1.20. The molecule has 1 aromatic heterocycles. The molecule has 17 heavy (non-hydrogen) atoms. The molecule has 1 aromatic rings. The first-order valence-electron chi connectivity index (χ1n) is 5.00. The van der Waals surface area contributed by atoms with Crippen molar-refractivity contribution < 1.29 is 16.8 Å². The SMILES string of the molecule is CCS(=O)(=O)CCCn1cc(S(N)(=O)=O)cn1. The quantitative estimate of drug-likeness (QED) is 0.745. The van der Waals surface area contributed by atoms with Gasteiger partial charge >= 0.3 is 0 Å². The maximum atomic E-state index is 11.2. The van der Waals surface area contributed by atoms with Gasteiger partial charge in [0.05, 0.1) is 11.9 Å². The average molecular weight is 281 g/mol. The van der Waals surface area contributed by atoms with Crippen molar-refractivity contribution in [2.45, 2.75) is 24.8 Å². The van der Waals surface area contributed by atoms with E-state index in [1.807, 2.05) is 0 Å². The van der Waals surface area contributed by atoms with E-state index in [1.54, 1.807) is 6.92 Å². The number of hydrogen-bond donors (Lipinski definition) is 1. The molecule has 0 aromatic carbocycles. The minimum absolute atomic E-state index is 0.0636. The van der Waals surface area contributed by atoms with E-state index in [1.165, 1.54) is 10.9 Å². The van der Waals surface area contributed by atoms with Crippen LogP contribution in [0.4, 0.5) is 0 Å². The lowest BCUT2D eigenvalue weighted by Crippen LogP contribution is -2.12. The van der Waals surface area contributed by atoms with Crippen LogP contribution in [0.3, 0.4) is 0 Å². The maximum Gasteiger partial charge on any atom is 0.241 e. The minimum atomic E-state index is -3.74. The Labute approximate surface area is 101 Å². The molecule has 0 saturated heterocycles. The fourth-order valence-corrected chi connectivity index (χ4v) is 2.52. The number of nitrogens with zero attached hydrogens (tertiary/aromatic N) is 2. The van der Waals surface area contributed by atoms with Gasteiger partial charge in [0.25, 0.3) is 0 Å². The molecule has 0 amide bonds. The highest BCUT2D eigenvalue weighted by molar-refractivity contribution is 7.91. The first kappa shape index (κ1) is 14.1. The summed E-state index contributed by atoms with van der Waals surface area (Å²) in [5, 5.41) is 8.70. The Kier molecular flexibility index (Phi) is 4.28. The lowest BCUT2D eigenvalue weighted by molar-refractivity contribution is 0.572. The zero-order valence-electron chi connectivity index (χ0n) is 9.40. The van der Waals surface area contributed by atoms with Gasteiger partial charge in [-0.05, 0) is 6.42 Å². The lowest BCUT2D eigenvalue weighted by Gasteiger charge is -2.01. The lowest BCUT2D eigenvalue weighted by atomic mass is 10.5. The predicted octanol–water partition coefficient (Wildman–Crippen LogP) is -0.645. The highest BCUT2D eigenvalue weighted by atomic mass is 32.2. The van der Waals surface area contributed by atoms with Crippen LogP contribution in [-0.4, -0.2) is 38.1 Å². The monoisotopic (exact) mass is 281 g/mol. The van der Waals surface area contributed by atoms with Crippen molar-refractivity contribution >= 4 is 19.9 Å². The Morgan fingerprint density at radius 1 is 1.35 bits per heavy atom. The number of sulfone groups is 1. The molecular weight excluding hydrogens is 266 g/mol. The van der Waals surface area contributed by atoms with Crippen LogP contribution in [0.1, 0.15) is 13.3 Å². The molecule has 0 fully saturated rings. The normalized spacial score (nSPS) is 12.8. The number of aryl methyl sites for hydroxylation is 1. The summed E-state index contributed by atoms with van der Waals surface area (Å²) in [6.45, 7) is 1.93. The number of primary sulfonamides is 1. The van der Waals surface area contributed by atoms with Crippen LogP contribution in [0.2, 0.25) is 0 Å². The van der Waals surface area contributed by atoms with E-state index in [9.17, 15) is 16.8 Å². The number of aromatic nitrogens is 2. The Morgan fingerprint density at radius 2 is 2.00 bits per heavy atom. The highest BCUT2D eigenvalue weighted by Gasteiger charge is 2.11. The molecule has 1 heterocycles. The van der Waals surface area contributed by atoms with E-state index < -0.39 is 19.9 Å². The van der Waals surface area contributed by atoms with Gasteiger partial charge in [-0.1, -0.05) is 6.92 Å². The molecule has 0 radical (unpaired) electrons. The van der Waals surface area contributed by atoms with Crippen molar-refractivity contribution in [3.63, 3.8) is 0 Å². The van der Waals surface area contributed by atoms with Gasteiger partial charge in [0.1, 0.15) is 14.7 Å². The van der Waals surface area contributed by atoms with Crippen LogP contribution in [0.5, 0.6) is 0 Å². The van der Waals surface area contributed by atoms with E-state index in [0.717, 1.165) is 6.20 Å². The highest BCUT2D eigenvalue weighted by Crippen LogP contribution is 2.05. The summed E-state index contributed by atoms with van der Waals surface area (Å²) in [5.41, 5.74) is 0. The summed E-state index contributed by atoms with van der Waals surface area (Å²) in [6, 6.07) is 0. The molecule has 0 spiro atoms. The van der Waals surface area contributed by atoms with Gasteiger partial charge in [-0.25, -0.2) is 22.0 Å². The van der Waals surface area contributed by atoms with Crippen molar-refractivity contribution in [1.29, 1.82) is 0 Å². The Hall–Kier alpha value is -0.930. The van der Waals surface area contributed by atoms with Gasteiger partial charge in [0.15, 0.2) is 0 Å². The second-order valence-corrected chi connectivity index (χ2v) is 7.61. The molecule has 2 N–H and O–H groups in total. The zero-order valence-corrected chi connectivity index (χ0v) is 11.0. The van der Waals surface area contributed by atoms with Crippen LogP contribution >= 0.6 is 0 Å². The van der Waals surface area contributed by atoms with Crippen LogP contribution in [0, 0.1) is 0 Å². The second-order valence-electron chi connectivity index (χ2n) is 3.57. The summed E-state index contributed by atoms with van der Waals surface area (Å²) in [6.07, 6.45) is 2.82.